The van der Waals surface area contributed by atoms with Gasteiger partial charge in [-0.2, -0.15) is 5.10 Å². The van der Waals surface area contributed by atoms with E-state index in [4.69, 9.17) is 5.21 Å². The SMILES string of the molecule is C/C(=N/NC(=O)NO)c1ccccc1. The molecule has 5 heteroatoms. The fraction of sp³-hybridized carbons (Fsp3) is 0.111. The highest BCUT2D eigenvalue weighted by Crippen LogP contribution is 1.99. The molecule has 0 fully saturated rings. The number of hydrogen-bond donors (Lipinski definition) is 3. The Labute approximate surface area is 81.4 Å². The van der Waals surface area contributed by atoms with E-state index in [1.165, 1.54) is 5.48 Å². The lowest BCUT2D eigenvalue weighted by Crippen LogP contribution is -2.30. The summed E-state index contributed by atoms with van der Waals surface area (Å²) >= 11 is 0. The normalized spacial score (nSPS) is 10.9. The van der Waals surface area contributed by atoms with Gasteiger partial charge in [0.15, 0.2) is 0 Å². The fourth-order valence-corrected chi connectivity index (χ4v) is 0.904. The van der Waals surface area contributed by atoms with E-state index in [-0.39, 0.29) is 0 Å². The molecular weight excluding hydrogens is 182 g/mol. The van der Waals surface area contributed by atoms with Gasteiger partial charge in [0, 0.05) is 0 Å². The Morgan fingerprint density at radius 1 is 1.36 bits per heavy atom. The summed E-state index contributed by atoms with van der Waals surface area (Å²) in [5.41, 5.74) is 5.10. The van der Waals surface area contributed by atoms with E-state index in [1.54, 1.807) is 6.92 Å². The minimum absolute atomic E-state index is 0.661. The average Bonchev–Trinajstić information content (AvgIpc) is 2.26. The summed E-state index contributed by atoms with van der Waals surface area (Å²) in [7, 11) is 0. The highest BCUT2D eigenvalue weighted by atomic mass is 16.5. The first-order valence-electron chi connectivity index (χ1n) is 4.04. The number of hydroxylamine groups is 1. The standard InChI is InChI=1S/C9H11N3O2/c1-7(10-11-9(13)12-14)8-5-3-2-4-6-8/h2-6,14H,1H3,(H2,11,12,13)/b10-7-. The maximum Gasteiger partial charge on any atom is 0.358 e. The van der Waals surface area contributed by atoms with Crippen molar-refractivity contribution in [1.29, 1.82) is 0 Å². The molecule has 0 saturated carbocycles. The van der Waals surface area contributed by atoms with E-state index in [1.807, 2.05) is 30.3 Å². The van der Waals surface area contributed by atoms with Crippen LogP contribution in [0.4, 0.5) is 4.79 Å². The third-order valence-electron chi connectivity index (χ3n) is 1.62. The molecule has 0 aliphatic rings. The number of nitrogens with zero attached hydrogens (tertiary/aromatic N) is 1. The van der Waals surface area contributed by atoms with Crippen LogP contribution in [0.25, 0.3) is 0 Å². The lowest BCUT2D eigenvalue weighted by molar-refractivity contribution is 0.162. The molecule has 1 rings (SSSR count). The first-order valence-corrected chi connectivity index (χ1v) is 4.04. The smallest absolute Gasteiger partial charge is 0.287 e. The first-order chi connectivity index (χ1) is 6.74. The molecule has 0 aliphatic heterocycles. The zero-order valence-corrected chi connectivity index (χ0v) is 7.69. The van der Waals surface area contributed by atoms with Gasteiger partial charge in [0.25, 0.3) is 0 Å². The van der Waals surface area contributed by atoms with Gasteiger partial charge >= 0.3 is 6.03 Å². The molecule has 0 aromatic heterocycles. The number of benzene rings is 1. The fourth-order valence-electron chi connectivity index (χ4n) is 0.904. The van der Waals surface area contributed by atoms with Crippen molar-refractivity contribution in [3.05, 3.63) is 35.9 Å². The van der Waals surface area contributed by atoms with E-state index in [0.717, 1.165) is 5.56 Å². The number of hydrazone groups is 1. The minimum Gasteiger partial charge on any atom is -0.287 e. The predicted molar refractivity (Wildman–Crippen MR) is 52.1 cm³/mol. The highest BCUT2D eigenvalue weighted by Gasteiger charge is 1.97. The van der Waals surface area contributed by atoms with Crippen LogP contribution in [0.3, 0.4) is 0 Å². The third kappa shape index (κ3) is 2.87. The second-order valence-corrected chi connectivity index (χ2v) is 2.62. The molecule has 0 bridgehead atoms. The summed E-state index contributed by atoms with van der Waals surface area (Å²) in [6.07, 6.45) is 0. The van der Waals surface area contributed by atoms with Crippen molar-refractivity contribution in [2.45, 2.75) is 6.92 Å². The van der Waals surface area contributed by atoms with Crippen LogP contribution in [-0.2, 0) is 0 Å². The summed E-state index contributed by atoms with van der Waals surface area (Å²) in [6.45, 7) is 1.76. The van der Waals surface area contributed by atoms with Crippen LogP contribution in [-0.4, -0.2) is 17.0 Å². The molecule has 0 aliphatic carbocycles. The van der Waals surface area contributed by atoms with Gasteiger partial charge in [-0.1, -0.05) is 30.3 Å². The lowest BCUT2D eigenvalue weighted by Gasteiger charge is -2.00. The summed E-state index contributed by atoms with van der Waals surface area (Å²) in [5, 5.41) is 11.9. The van der Waals surface area contributed by atoms with Gasteiger partial charge < -0.3 is 0 Å². The van der Waals surface area contributed by atoms with E-state index >= 15 is 0 Å². The van der Waals surface area contributed by atoms with Crippen LogP contribution >= 0.6 is 0 Å². The number of urea groups is 1. The van der Waals surface area contributed by atoms with E-state index < -0.39 is 6.03 Å². The number of rotatable bonds is 2. The van der Waals surface area contributed by atoms with Crippen molar-refractivity contribution in [3.63, 3.8) is 0 Å². The molecule has 0 atom stereocenters. The summed E-state index contributed by atoms with van der Waals surface area (Å²) < 4.78 is 0. The molecular formula is C9H11N3O2. The Morgan fingerprint density at radius 2 is 2.00 bits per heavy atom. The van der Waals surface area contributed by atoms with Gasteiger partial charge in [0.05, 0.1) is 5.71 Å². The second kappa shape index (κ2) is 4.98. The number of nitrogens with one attached hydrogen (secondary N) is 2. The Balaban J connectivity index is 2.66. The lowest BCUT2D eigenvalue weighted by atomic mass is 10.1. The highest BCUT2D eigenvalue weighted by molar-refractivity contribution is 5.99. The van der Waals surface area contributed by atoms with Gasteiger partial charge in [-0.15, -0.1) is 0 Å². The van der Waals surface area contributed by atoms with Crippen LogP contribution in [0.5, 0.6) is 0 Å². The number of carbonyl (C=O) groups excluding carboxylic acids is 1. The van der Waals surface area contributed by atoms with Crippen molar-refractivity contribution < 1.29 is 10.0 Å². The summed E-state index contributed by atoms with van der Waals surface area (Å²) in [4.78, 5) is 10.6. The first kappa shape index (κ1) is 10.2. The van der Waals surface area contributed by atoms with Gasteiger partial charge in [-0.25, -0.2) is 15.7 Å². The van der Waals surface area contributed by atoms with Gasteiger partial charge in [0.2, 0.25) is 0 Å². The molecule has 1 aromatic carbocycles. The molecule has 0 heterocycles. The van der Waals surface area contributed by atoms with Crippen LogP contribution < -0.4 is 10.9 Å². The maximum atomic E-state index is 10.6. The van der Waals surface area contributed by atoms with Crippen molar-refractivity contribution >= 4 is 11.7 Å². The van der Waals surface area contributed by atoms with E-state index in [0.29, 0.717) is 5.71 Å². The van der Waals surface area contributed by atoms with Crippen molar-refractivity contribution in [2.75, 3.05) is 0 Å². The van der Waals surface area contributed by atoms with Crippen LogP contribution in [0.15, 0.2) is 35.4 Å². The minimum atomic E-state index is -0.764. The zero-order valence-electron chi connectivity index (χ0n) is 7.69. The topological polar surface area (TPSA) is 73.7 Å². The maximum absolute atomic E-state index is 10.6. The second-order valence-electron chi connectivity index (χ2n) is 2.62. The molecule has 0 saturated heterocycles. The molecule has 1 aromatic rings. The van der Waals surface area contributed by atoms with Gasteiger partial charge in [-0.05, 0) is 12.5 Å². The molecule has 2 amide bonds. The van der Waals surface area contributed by atoms with Crippen molar-refractivity contribution in [3.8, 4) is 0 Å². The number of hydrogen-bond acceptors (Lipinski definition) is 3. The van der Waals surface area contributed by atoms with Gasteiger partial charge in [0.1, 0.15) is 0 Å². The summed E-state index contributed by atoms with van der Waals surface area (Å²) in [6, 6.07) is 8.63. The number of carbonyl (C=O) groups is 1. The monoisotopic (exact) mass is 193 g/mol. The van der Waals surface area contributed by atoms with E-state index in [2.05, 4.69) is 10.5 Å². The molecule has 5 nitrogen and oxygen atoms in total. The molecule has 0 spiro atoms. The zero-order chi connectivity index (χ0) is 10.4. The van der Waals surface area contributed by atoms with Crippen LogP contribution in [0.1, 0.15) is 12.5 Å². The number of amides is 2. The molecule has 3 N–H and O–H groups in total. The predicted octanol–water partition coefficient (Wildman–Crippen LogP) is 1.10. The van der Waals surface area contributed by atoms with E-state index in [9.17, 15) is 4.79 Å². The summed E-state index contributed by atoms with van der Waals surface area (Å²) in [5.74, 6) is 0. The largest absolute Gasteiger partial charge is 0.358 e. The Morgan fingerprint density at radius 3 is 2.57 bits per heavy atom. The van der Waals surface area contributed by atoms with Crippen LogP contribution in [0, 0.1) is 0 Å². The molecule has 74 valence electrons. The Bertz CT molecular complexity index is 335. The third-order valence-corrected chi connectivity index (χ3v) is 1.62. The van der Waals surface area contributed by atoms with Gasteiger partial charge in [-0.3, -0.25) is 5.21 Å². The Kier molecular flexibility index (Phi) is 3.63. The average molecular weight is 193 g/mol. The molecule has 0 unspecified atom stereocenters. The Hall–Kier alpha value is -1.88. The quantitative estimate of drug-likeness (QED) is 0.374. The molecule has 0 radical (unpaired) electrons. The molecule has 14 heavy (non-hydrogen) atoms. The van der Waals surface area contributed by atoms with Crippen molar-refractivity contribution in [1.82, 2.24) is 10.9 Å². The van der Waals surface area contributed by atoms with Crippen molar-refractivity contribution in [2.24, 2.45) is 5.10 Å². The van der Waals surface area contributed by atoms with Crippen LogP contribution in [0.2, 0.25) is 0 Å².